The van der Waals surface area contributed by atoms with E-state index in [-0.39, 0.29) is 17.2 Å². The number of hydrogen-bond donors (Lipinski definition) is 1. The lowest BCUT2D eigenvalue weighted by Gasteiger charge is -2.38. The molecule has 2 saturated heterocycles. The molecule has 2 amide bonds. The van der Waals surface area contributed by atoms with Gasteiger partial charge in [-0.3, -0.25) is 9.59 Å². The van der Waals surface area contributed by atoms with Gasteiger partial charge in [0, 0.05) is 32.5 Å². The second-order valence-corrected chi connectivity index (χ2v) is 5.11. The molecule has 2 aliphatic heterocycles. The fourth-order valence-electron chi connectivity index (χ4n) is 2.68. The van der Waals surface area contributed by atoms with E-state index >= 15 is 0 Å². The number of carbonyl (C=O) groups is 2. The van der Waals surface area contributed by atoms with Crippen LogP contribution in [0.4, 0.5) is 0 Å². The molecular weight excluding hydrogens is 216 g/mol. The van der Waals surface area contributed by atoms with Crippen molar-refractivity contribution in [1.29, 1.82) is 0 Å². The van der Waals surface area contributed by atoms with Crippen molar-refractivity contribution in [3.63, 3.8) is 0 Å². The minimum atomic E-state index is 0.133. The third-order valence-corrected chi connectivity index (χ3v) is 3.90. The molecule has 1 spiro atoms. The quantitative estimate of drug-likeness (QED) is 0.729. The van der Waals surface area contributed by atoms with Crippen LogP contribution >= 0.6 is 0 Å². The lowest BCUT2D eigenvalue weighted by molar-refractivity contribution is -0.132. The van der Waals surface area contributed by atoms with Crippen LogP contribution in [0, 0.1) is 5.41 Å². The van der Waals surface area contributed by atoms with Crippen LogP contribution in [0.15, 0.2) is 12.2 Å². The lowest BCUT2D eigenvalue weighted by atomic mass is 9.77. The molecule has 2 aliphatic rings. The van der Waals surface area contributed by atoms with Gasteiger partial charge >= 0.3 is 0 Å². The Kier molecular flexibility index (Phi) is 3.50. The van der Waals surface area contributed by atoms with E-state index in [1.165, 1.54) is 0 Å². The van der Waals surface area contributed by atoms with Crippen LogP contribution in [-0.2, 0) is 9.59 Å². The maximum Gasteiger partial charge on any atom is 0.226 e. The summed E-state index contributed by atoms with van der Waals surface area (Å²) in [5.41, 5.74) is 0.133. The van der Waals surface area contributed by atoms with Gasteiger partial charge in [-0.2, -0.15) is 0 Å². The van der Waals surface area contributed by atoms with Crippen LogP contribution in [0.2, 0.25) is 0 Å². The maximum absolute atomic E-state index is 11.8. The van der Waals surface area contributed by atoms with Crippen molar-refractivity contribution in [2.45, 2.75) is 32.6 Å². The van der Waals surface area contributed by atoms with Crippen molar-refractivity contribution in [1.82, 2.24) is 10.2 Å². The Hall–Kier alpha value is -1.32. The van der Waals surface area contributed by atoms with Crippen molar-refractivity contribution in [3.05, 3.63) is 12.2 Å². The average Bonchev–Trinajstić information content (AvgIpc) is 2.68. The molecule has 0 unspecified atom stereocenters. The summed E-state index contributed by atoms with van der Waals surface area (Å²) in [6.07, 6.45) is 6.85. The van der Waals surface area contributed by atoms with Gasteiger partial charge in [0.05, 0.1) is 0 Å². The molecule has 0 radical (unpaired) electrons. The van der Waals surface area contributed by atoms with E-state index in [1.54, 1.807) is 0 Å². The molecule has 94 valence electrons. The fraction of sp³-hybridized carbons (Fsp3) is 0.692. The Labute approximate surface area is 102 Å². The molecule has 1 N–H and O–H groups in total. The monoisotopic (exact) mass is 236 g/mol. The largest absolute Gasteiger partial charge is 0.356 e. The normalized spacial score (nSPS) is 23.4. The SMILES string of the molecule is C/C=C/CC(=O)N1CCC2(CC1)CNC(=O)C2. The third kappa shape index (κ3) is 2.68. The summed E-state index contributed by atoms with van der Waals surface area (Å²) in [6, 6.07) is 0. The Bertz CT molecular complexity index is 341. The number of likely N-dealkylation sites (tertiary alicyclic amines) is 1. The zero-order valence-electron chi connectivity index (χ0n) is 10.4. The molecule has 0 aromatic carbocycles. The minimum absolute atomic E-state index is 0.133. The van der Waals surface area contributed by atoms with E-state index in [2.05, 4.69) is 5.32 Å². The van der Waals surface area contributed by atoms with Gasteiger partial charge in [0.25, 0.3) is 0 Å². The number of nitrogens with zero attached hydrogens (tertiary/aromatic N) is 1. The summed E-state index contributed by atoms with van der Waals surface area (Å²) >= 11 is 0. The molecule has 0 aromatic rings. The number of piperidine rings is 1. The number of allylic oxidation sites excluding steroid dienone is 1. The van der Waals surface area contributed by atoms with Crippen molar-refractivity contribution in [3.8, 4) is 0 Å². The molecule has 4 heteroatoms. The first-order chi connectivity index (χ1) is 8.15. The minimum Gasteiger partial charge on any atom is -0.356 e. The summed E-state index contributed by atoms with van der Waals surface area (Å²) in [5, 5.41) is 2.90. The maximum atomic E-state index is 11.8. The predicted molar refractivity (Wildman–Crippen MR) is 65.3 cm³/mol. The molecule has 0 atom stereocenters. The Morgan fingerprint density at radius 1 is 1.47 bits per heavy atom. The molecule has 4 nitrogen and oxygen atoms in total. The summed E-state index contributed by atoms with van der Waals surface area (Å²) < 4.78 is 0. The molecular formula is C13H20N2O2. The van der Waals surface area contributed by atoms with Crippen LogP contribution in [0.3, 0.4) is 0 Å². The number of amides is 2. The molecule has 2 rings (SSSR count). The first-order valence-corrected chi connectivity index (χ1v) is 6.31. The standard InChI is InChI=1S/C13H20N2O2/c1-2-3-4-12(17)15-7-5-13(6-8-15)9-11(16)14-10-13/h2-3H,4-10H2,1H3,(H,14,16)/b3-2+. The van der Waals surface area contributed by atoms with Gasteiger partial charge in [-0.05, 0) is 25.2 Å². The highest BCUT2D eigenvalue weighted by molar-refractivity contribution is 5.80. The topological polar surface area (TPSA) is 49.4 Å². The van der Waals surface area contributed by atoms with Gasteiger partial charge in [-0.1, -0.05) is 12.2 Å². The molecule has 0 aliphatic carbocycles. The van der Waals surface area contributed by atoms with E-state index in [1.807, 2.05) is 24.0 Å². The second kappa shape index (κ2) is 4.90. The van der Waals surface area contributed by atoms with Gasteiger partial charge in [-0.15, -0.1) is 0 Å². The van der Waals surface area contributed by atoms with Crippen LogP contribution in [0.25, 0.3) is 0 Å². The Morgan fingerprint density at radius 2 is 2.18 bits per heavy atom. The summed E-state index contributed by atoms with van der Waals surface area (Å²) in [4.78, 5) is 25.0. The highest BCUT2D eigenvalue weighted by Crippen LogP contribution is 2.37. The van der Waals surface area contributed by atoms with E-state index in [9.17, 15) is 9.59 Å². The van der Waals surface area contributed by atoms with Gasteiger partial charge in [-0.25, -0.2) is 0 Å². The molecule has 0 bridgehead atoms. The van der Waals surface area contributed by atoms with Crippen molar-refractivity contribution in [2.24, 2.45) is 5.41 Å². The Balaban J connectivity index is 1.85. The summed E-state index contributed by atoms with van der Waals surface area (Å²) in [7, 11) is 0. The zero-order valence-corrected chi connectivity index (χ0v) is 10.4. The van der Waals surface area contributed by atoms with Crippen molar-refractivity contribution >= 4 is 11.8 Å². The highest BCUT2D eigenvalue weighted by atomic mass is 16.2. The highest BCUT2D eigenvalue weighted by Gasteiger charge is 2.41. The lowest BCUT2D eigenvalue weighted by Crippen LogP contribution is -2.43. The zero-order chi connectivity index (χ0) is 12.3. The van der Waals surface area contributed by atoms with Crippen LogP contribution in [-0.4, -0.2) is 36.3 Å². The van der Waals surface area contributed by atoms with Crippen molar-refractivity contribution in [2.75, 3.05) is 19.6 Å². The first-order valence-electron chi connectivity index (χ1n) is 6.31. The molecule has 2 fully saturated rings. The first kappa shape index (κ1) is 12.1. The molecule has 2 heterocycles. The van der Waals surface area contributed by atoms with Crippen LogP contribution < -0.4 is 5.32 Å². The molecule has 0 aromatic heterocycles. The molecule has 0 saturated carbocycles. The molecule has 17 heavy (non-hydrogen) atoms. The number of nitrogens with one attached hydrogen (secondary N) is 1. The number of rotatable bonds is 2. The van der Waals surface area contributed by atoms with Gasteiger partial charge in [0.15, 0.2) is 0 Å². The van der Waals surface area contributed by atoms with E-state index in [0.29, 0.717) is 12.8 Å². The fourth-order valence-corrected chi connectivity index (χ4v) is 2.68. The van der Waals surface area contributed by atoms with Gasteiger partial charge < -0.3 is 10.2 Å². The van der Waals surface area contributed by atoms with E-state index < -0.39 is 0 Å². The Morgan fingerprint density at radius 3 is 2.71 bits per heavy atom. The van der Waals surface area contributed by atoms with E-state index in [4.69, 9.17) is 0 Å². The van der Waals surface area contributed by atoms with Gasteiger partial charge in [0.2, 0.25) is 11.8 Å². The van der Waals surface area contributed by atoms with Gasteiger partial charge in [0.1, 0.15) is 0 Å². The third-order valence-electron chi connectivity index (χ3n) is 3.90. The smallest absolute Gasteiger partial charge is 0.226 e. The second-order valence-electron chi connectivity index (χ2n) is 5.11. The van der Waals surface area contributed by atoms with Crippen LogP contribution in [0.5, 0.6) is 0 Å². The van der Waals surface area contributed by atoms with Crippen LogP contribution in [0.1, 0.15) is 32.6 Å². The number of hydrogen-bond acceptors (Lipinski definition) is 2. The average molecular weight is 236 g/mol. The summed E-state index contributed by atoms with van der Waals surface area (Å²) in [5.74, 6) is 0.369. The number of carbonyl (C=O) groups excluding carboxylic acids is 2. The van der Waals surface area contributed by atoms with Crippen molar-refractivity contribution < 1.29 is 9.59 Å². The van der Waals surface area contributed by atoms with E-state index in [0.717, 1.165) is 32.5 Å². The summed E-state index contributed by atoms with van der Waals surface area (Å²) in [6.45, 7) is 4.31. The predicted octanol–water partition coefficient (Wildman–Crippen LogP) is 1.08.